The molecule has 78 valence electrons. The van der Waals surface area contributed by atoms with Crippen molar-refractivity contribution >= 4 is 5.97 Å². The van der Waals surface area contributed by atoms with Gasteiger partial charge in [0.05, 0.1) is 13.5 Å². The van der Waals surface area contributed by atoms with Gasteiger partial charge in [-0.25, -0.2) is 0 Å². The third-order valence-corrected chi connectivity index (χ3v) is 2.21. The van der Waals surface area contributed by atoms with Crippen LogP contribution in [-0.4, -0.2) is 26.2 Å². The highest BCUT2D eigenvalue weighted by atomic mass is 16.5. The molecule has 0 radical (unpaired) electrons. The number of ether oxygens (including phenoxy) is 1. The van der Waals surface area contributed by atoms with Gasteiger partial charge in [0.1, 0.15) is 0 Å². The standard InChI is InChI=1S/C10H21NO2/c1-4-5-6-7-9(11-2)8-10(12)13-3/h9,11H,4-8H2,1-3H3. The van der Waals surface area contributed by atoms with Crippen molar-refractivity contribution < 1.29 is 9.53 Å². The van der Waals surface area contributed by atoms with Crippen molar-refractivity contribution in [3.8, 4) is 0 Å². The van der Waals surface area contributed by atoms with E-state index in [0.717, 1.165) is 6.42 Å². The Bertz CT molecular complexity index is 137. The van der Waals surface area contributed by atoms with Crippen LogP contribution < -0.4 is 5.32 Å². The molecule has 3 nitrogen and oxygen atoms in total. The summed E-state index contributed by atoms with van der Waals surface area (Å²) in [7, 11) is 3.32. The lowest BCUT2D eigenvalue weighted by molar-refractivity contribution is -0.141. The van der Waals surface area contributed by atoms with E-state index in [-0.39, 0.29) is 12.0 Å². The van der Waals surface area contributed by atoms with Gasteiger partial charge in [0, 0.05) is 6.04 Å². The van der Waals surface area contributed by atoms with E-state index in [4.69, 9.17) is 0 Å². The number of unbranched alkanes of at least 4 members (excludes halogenated alkanes) is 2. The average molecular weight is 187 g/mol. The Kier molecular flexibility index (Phi) is 7.69. The van der Waals surface area contributed by atoms with Crippen molar-refractivity contribution in [2.45, 2.75) is 45.1 Å². The number of esters is 1. The zero-order valence-corrected chi connectivity index (χ0v) is 8.93. The second-order valence-corrected chi connectivity index (χ2v) is 3.26. The van der Waals surface area contributed by atoms with Crippen molar-refractivity contribution in [1.29, 1.82) is 0 Å². The minimum Gasteiger partial charge on any atom is -0.469 e. The summed E-state index contributed by atoms with van der Waals surface area (Å²) in [6.45, 7) is 2.18. The van der Waals surface area contributed by atoms with E-state index in [0.29, 0.717) is 6.42 Å². The van der Waals surface area contributed by atoms with Gasteiger partial charge >= 0.3 is 5.97 Å². The lowest BCUT2D eigenvalue weighted by Crippen LogP contribution is -2.28. The topological polar surface area (TPSA) is 38.3 Å². The number of nitrogens with one attached hydrogen (secondary N) is 1. The van der Waals surface area contributed by atoms with Crippen LogP contribution in [0.3, 0.4) is 0 Å². The van der Waals surface area contributed by atoms with E-state index in [2.05, 4.69) is 17.0 Å². The fraction of sp³-hybridized carbons (Fsp3) is 0.900. The number of carbonyl (C=O) groups is 1. The second-order valence-electron chi connectivity index (χ2n) is 3.26. The average Bonchev–Trinajstić information content (AvgIpc) is 2.16. The molecule has 13 heavy (non-hydrogen) atoms. The molecule has 0 fully saturated rings. The minimum absolute atomic E-state index is 0.129. The van der Waals surface area contributed by atoms with Crippen LogP contribution in [-0.2, 0) is 9.53 Å². The summed E-state index contributed by atoms with van der Waals surface area (Å²) in [6.07, 6.45) is 5.17. The maximum absolute atomic E-state index is 11.0. The van der Waals surface area contributed by atoms with Crippen LogP contribution in [0.4, 0.5) is 0 Å². The molecule has 1 N–H and O–H groups in total. The molecule has 0 rings (SSSR count). The van der Waals surface area contributed by atoms with Gasteiger partial charge in [-0.15, -0.1) is 0 Å². The largest absolute Gasteiger partial charge is 0.469 e. The van der Waals surface area contributed by atoms with Crippen molar-refractivity contribution in [3.63, 3.8) is 0 Å². The Hall–Kier alpha value is -0.570. The zero-order chi connectivity index (χ0) is 10.1. The van der Waals surface area contributed by atoms with Gasteiger partial charge < -0.3 is 10.1 Å². The molecule has 0 aliphatic rings. The third kappa shape index (κ3) is 6.58. The Balaban J connectivity index is 3.56. The summed E-state index contributed by atoms with van der Waals surface area (Å²) in [4.78, 5) is 11.0. The Morgan fingerprint density at radius 1 is 1.46 bits per heavy atom. The van der Waals surface area contributed by atoms with E-state index in [9.17, 15) is 4.79 Å². The number of rotatable bonds is 7. The van der Waals surface area contributed by atoms with Crippen LogP contribution in [0.2, 0.25) is 0 Å². The molecule has 0 bridgehead atoms. The van der Waals surface area contributed by atoms with Crippen LogP contribution in [0.5, 0.6) is 0 Å². The van der Waals surface area contributed by atoms with Gasteiger partial charge in [-0.05, 0) is 13.5 Å². The first kappa shape index (κ1) is 12.4. The number of methoxy groups -OCH3 is 1. The minimum atomic E-state index is -0.129. The quantitative estimate of drug-likeness (QED) is 0.487. The predicted octanol–water partition coefficient (Wildman–Crippen LogP) is 1.72. The van der Waals surface area contributed by atoms with Crippen molar-refractivity contribution in [2.75, 3.05) is 14.2 Å². The number of carbonyl (C=O) groups excluding carboxylic acids is 1. The maximum atomic E-state index is 11.0. The molecule has 0 saturated carbocycles. The zero-order valence-electron chi connectivity index (χ0n) is 8.93. The fourth-order valence-corrected chi connectivity index (χ4v) is 1.27. The van der Waals surface area contributed by atoms with Crippen molar-refractivity contribution in [2.24, 2.45) is 0 Å². The lowest BCUT2D eigenvalue weighted by atomic mass is 10.1. The summed E-state index contributed by atoms with van der Waals surface area (Å²) in [5, 5.41) is 3.13. The van der Waals surface area contributed by atoms with E-state index in [1.54, 1.807) is 0 Å². The molecule has 0 aromatic heterocycles. The van der Waals surface area contributed by atoms with E-state index >= 15 is 0 Å². The molecule has 0 amide bonds. The molecule has 0 aromatic carbocycles. The molecular weight excluding hydrogens is 166 g/mol. The molecular formula is C10H21NO2. The maximum Gasteiger partial charge on any atom is 0.307 e. The molecule has 1 unspecified atom stereocenters. The first-order chi connectivity index (χ1) is 6.24. The lowest BCUT2D eigenvalue weighted by Gasteiger charge is -2.13. The van der Waals surface area contributed by atoms with Gasteiger partial charge in [-0.1, -0.05) is 26.2 Å². The first-order valence-electron chi connectivity index (χ1n) is 4.98. The molecule has 0 saturated heterocycles. The number of hydrogen-bond donors (Lipinski definition) is 1. The molecule has 0 aromatic rings. The highest BCUT2D eigenvalue weighted by molar-refractivity contribution is 5.69. The Morgan fingerprint density at radius 2 is 2.15 bits per heavy atom. The predicted molar refractivity (Wildman–Crippen MR) is 53.6 cm³/mol. The van der Waals surface area contributed by atoms with Gasteiger partial charge in [0.2, 0.25) is 0 Å². The highest BCUT2D eigenvalue weighted by Crippen LogP contribution is 2.06. The monoisotopic (exact) mass is 187 g/mol. The van der Waals surface area contributed by atoms with Crippen LogP contribution in [0.1, 0.15) is 39.0 Å². The number of hydrogen-bond acceptors (Lipinski definition) is 3. The molecule has 0 heterocycles. The van der Waals surface area contributed by atoms with Crippen molar-refractivity contribution in [1.82, 2.24) is 5.32 Å². The summed E-state index contributed by atoms with van der Waals surface area (Å²) >= 11 is 0. The molecule has 0 aliphatic carbocycles. The summed E-state index contributed by atoms with van der Waals surface area (Å²) in [5.41, 5.74) is 0. The summed E-state index contributed by atoms with van der Waals surface area (Å²) in [6, 6.07) is 0.277. The van der Waals surface area contributed by atoms with Crippen LogP contribution in [0, 0.1) is 0 Å². The van der Waals surface area contributed by atoms with E-state index < -0.39 is 0 Å². The summed E-state index contributed by atoms with van der Waals surface area (Å²) < 4.78 is 4.61. The van der Waals surface area contributed by atoms with Crippen molar-refractivity contribution in [3.05, 3.63) is 0 Å². The van der Waals surface area contributed by atoms with E-state index in [1.807, 2.05) is 7.05 Å². The van der Waals surface area contributed by atoms with Crippen LogP contribution in [0.25, 0.3) is 0 Å². The first-order valence-corrected chi connectivity index (χ1v) is 4.98. The van der Waals surface area contributed by atoms with Crippen LogP contribution >= 0.6 is 0 Å². The normalized spacial score (nSPS) is 12.5. The van der Waals surface area contributed by atoms with Crippen LogP contribution in [0.15, 0.2) is 0 Å². The van der Waals surface area contributed by atoms with Gasteiger partial charge in [0.25, 0.3) is 0 Å². The molecule has 0 spiro atoms. The third-order valence-electron chi connectivity index (χ3n) is 2.21. The highest BCUT2D eigenvalue weighted by Gasteiger charge is 2.10. The van der Waals surface area contributed by atoms with Gasteiger partial charge in [-0.3, -0.25) is 4.79 Å². The Morgan fingerprint density at radius 3 is 2.62 bits per heavy atom. The molecule has 0 aliphatic heterocycles. The molecule has 1 atom stereocenters. The van der Waals surface area contributed by atoms with Gasteiger partial charge in [0.15, 0.2) is 0 Å². The Labute approximate surface area is 80.8 Å². The van der Waals surface area contributed by atoms with Gasteiger partial charge in [-0.2, -0.15) is 0 Å². The fourth-order valence-electron chi connectivity index (χ4n) is 1.27. The molecule has 3 heteroatoms. The smallest absolute Gasteiger partial charge is 0.307 e. The second kappa shape index (κ2) is 8.05. The SMILES string of the molecule is CCCCCC(CC(=O)OC)NC. The summed E-state index contributed by atoms with van der Waals surface area (Å²) in [5.74, 6) is -0.129. The van der Waals surface area contributed by atoms with E-state index in [1.165, 1.54) is 26.4 Å².